The molecule has 2 unspecified atom stereocenters. The fourth-order valence-electron chi connectivity index (χ4n) is 2.76. The van der Waals surface area contributed by atoms with Crippen molar-refractivity contribution in [3.05, 3.63) is 35.1 Å². The lowest BCUT2D eigenvalue weighted by molar-refractivity contribution is -0.143. The van der Waals surface area contributed by atoms with E-state index in [1.807, 2.05) is 0 Å². The Morgan fingerprint density at radius 2 is 1.87 bits per heavy atom. The Hall–Kier alpha value is -2.12. The van der Waals surface area contributed by atoms with Crippen molar-refractivity contribution >= 4 is 11.9 Å². The van der Waals surface area contributed by atoms with Gasteiger partial charge in [-0.05, 0) is 30.5 Å². The highest BCUT2D eigenvalue weighted by Crippen LogP contribution is 2.31. The Morgan fingerprint density at radius 1 is 1.22 bits per heavy atom. The summed E-state index contributed by atoms with van der Waals surface area (Å²) in [5, 5.41) is 9.07. The van der Waals surface area contributed by atoms with Crippen LogP contribution in [0.2, 0.25) is 0 Å². The highest BCUT2D eigenvalue weighted by Gasteiger charge is 2.35. The number of carbonyl (C=O) groups excluding carboxylic acids is 1. The summed E-state index contributed by atoms with van der Waals surface area (Å²) < 4.78 is 51.5. The van der Waals surface area contributed by atoms with Gasteiger partial charge in [0.15, 0.2) is 0 Å². The van der Waals surface area contributed by atoms with E-state index in [-0.39, 0.29) is 19.0 Å². The van der Waals surface area contributed by atoms with Gasteiger partial charge in [0.1, 0.15) is 5.82 Å². The van der Waals surface area contributed by atoms with Crippen LogP contribution in [0, 0.1) is 17.7 Å². The number of likely N-dealkylation sites (tertiary alicyclic amines) is 1. The molecular weight excluding hydrogens is 318 g/mol. The molecule has 0 radical (unpaired) electrons. The quantitative estimate of drug-likeness (QED) is 0.847. The van der Waals surface area contributed by atoms with Crippen LogP contribution in [-0.4, -0.2) is 35.0 Å². The van der Waals surface area contributed by atoms with Crippen LogP contribution < -0.4 is 0 Å². The first-order chi connectivity index (χ1) is 10.6. The molecule has 23 heavy (non-hydrogen) atoms. The van der Waals surface area contributed by atoms with Gasteiger partial charge in [0.25, 0.3) is 5.91 Å². The van der Waals surface area contributed by atoms with Gasteiger partial charge in [0, 0.05) is 18.7 Å². The molecule has 0 aromatic heterocycles. The first-order valence-corrected chi connectivity index (χ1v) is 6.97. The number of rotatable bonds is 2. The maximum atomic E-state index is 13.4. The molecule has 1 aliphatic heterocycles. The molecule has 0 aliphatic carbocycles. The summed E-state index contributed by atoms with van der Waals surface area (Å²) in [6.07, 6.45) is -4.38. The molecule has 1 aromatic rings. The minimum atomic E-state index is -4.77. The van der Waals surface area contributed by atoms with E-state index in [2.05, 4.69) is 0 Å². The fourth-order valence-corrected chi connectivity index (χ4v) is 2.76. The Balaban J connectivity index is 2.29. The number of hydrogen-bond acceptors (Lipinski definition) is 2. The van der Waals surface area contributed by atoms with Gasteiger partial charge in [-0.1, -0.05) is 6.92 Å². The summed E-state index contributed by atoms with van der Waals surface area (Å²) in [5.74, 6) is -3.91. The van der Waals surface area contributed by atoms with Crippen molar-refractivity contribution in [2.45, 2.75) is 19.5 Å². The molecule has 1 aromatic carbocycles. The number of piperidine rings is 1. The molecule has 1 amide bonds. The van der Waals surface area contributed by atoms with Crippen LogP contribution in [0.15, 0.2) is 18.2 Å². The van der Waals surface area contributed by atoms with Crippen molar-refractivity contribution in [3.8, 4) is 0 Å². The van der Waals surface area contributed by atoms with Crippen LogP contribution in [0.25, 0.3) is 0 Å². The van der Waals surface area contributed by atoms with Gasteiger partial charge in [0.2, 0.25) is 0 Å². The molecule has 1 N–H and O–H groups in total. The van der Waals surface area contributed by atoms with E-state index < -0.39 is 40.9 Å². The standard InChI is InChI=1S/C15H15F4NO3/c1-8-2-10(14(22)23)7-20(6-8)13(21)9-3-11(15(17,18)19)5-12(16)4-9/h3-5,8,10H,2,6-7H2,1H3,(H,22,23). The van der Waals surface area contributed by atoms with Gasteiger partial charge in [-0.15, -0.1) is 0 Å². The predicted octanol–water partition coefficient (Wildman–Crippen LogP) is 3.03. The van der Waals surface area contributed by atoms with E-state index >= 15 is 0 Å². The number of carbonyl (C=O) groups is 2. The molecule has 2 atom stereocenters. The maximum Gasteiger partial charge on any atom is 0.416 e. The zero-order valence-electron chi connectivity index (χ0n) is 12.2. The minimum absolute atomic E-state index is 0.101. The third-order valence-corrected chi connectivity index (χ3v) is 3.77. The zero-order valence-corrected chi connectivity index (χ0v) is 12.2. The molecule has 126 valence electrons. The fraction of sp³-hybridized carbons (Fsp3) is 0.467. The Labute approximate surface area is 129 Å². The first-order valence-electron chi connectivity index (χ1n) is 6.97. The number of carboxylic acid groups (broad SMARTS) is 1. The van der Waals surface area contributed by atoms with Gasteiger partial charge in [-0.25, -0.2) is 4.39 Å². The van der Waals surface area contributed by atoms with Crippen molar-refractivity contribution < 1.29 is 32.3 Å². The van der Waals surface area contributed by atoms with E-state index in [1.165, 1.54) is 4.90 Å². The first kappa shape index (κ1) is 17.2. The number of carboxylic acids is 1. The number of benzene rings is 1. The SMILES string of the molecule is CC1CC(C(=O)O)CN(C(=O)c2cc(F)cc(C(F)(F)F)c2)C1. The van der Waals surface area contributed by atoms with Crippen LogP contribution in [0.4, 0.5) is 17.6 Å². The molecule has 8 heteroatoms. The second kappa shape index (κ2) is 6.17. The summed E-state index contributed by atoms with van der Waals surface area (Å²) in [6.45, 7) is 1.87. The number of amides is 1. The number of aliphatic carboxylic acids is 1. The Morgan fingerprint density at radius 3 is 2.43 bits per heavy atom. The Bertz CT molecular complexity index is 630. The molecule has 1 fully saturated rings. The summed E-state index contributed by atoms with van der Waals surface area (Å²) in [4.78, 5) is 24.6. The summed E-state index contributed by atoms with van der Waals surface area (Å²) in [7, 11) is 0. The molecule has 2 rings (SSSR count). The molecule has 0 spiro atoms. The van der Waals surface area contributed by atoms with E-state index in [9.17, 15) is 27.2 Å². The number of halogens is 4. The molecule has 1 aliphatic rings. The average molecular weight is 333 g/mol. The van der Waals surface area contributed by atoms with Crippen molar-refractivity contribution in [2.75, 3.05) is 13.1 Å². The highest BCUT2D eigenvalue weighted by atomic mass is 19.4. The average Bonchev–Trinajstić information content (AvgIpc) is 2.44. The number of hydrogen-bond donors (Lipinski definition) is 1. The molecule has 0 bridgehead atoms. The largest absolute Gasteiger partial charge is 0.481 e. The van der Waals surface area contributed by atoms with Gasteiger partial charge in [-0.2, -0.15) is 13.2 Å². The van der Waals surface area contributed by atoms with Crippen molar-refractivity contribution in [2.24, 2.45) is 11.8 Å². The maximum absolute atomic E-state index is 13.4. The number of alkyl halides is 3. The van der Waals surface area contributed by atoms with Crippen LogP contribution in [0.5, 0.6) is 0 Å². The van der Waals surface area contributed by atoms with E-state index in [0.717, 1.165) is 6.07 Å². The summed E-state index contributed by atoms with van der Waals surface area (Å²) in [6, 6.07) is 1.63. The zero-order chi connectivity index (χ0) is 17.4. The second-order valence-corrected chi connectivity index (χ2v) is 5.81. The van der Waals surface area contributed by atoms with Crippen LogP contribution >= 0.6 is 0 Å². The lowest BCUT2D eigenvalue weighted by Crippen LogP contribution is -2.45. The van der Waals surface area contributed by atoms with Gasteiger partial charge < -0.3 is 10.0 Å². The molecule has 0 saturated carbocycles. The molecule has 4 nitrogen and oxygen atoms in total. The predicted molar refractivity (Wildman–Crippen MR) is 72.2 cm³/mol. The topological polar surface area (TPSA) is 57.6 Å². The minimum Gasteiger partial charge on any atom is -0.481 e. The van der Waals surface area contributed by atoms with Crippen LogP contribution in [0.3, 0.4) is 0 Å². The second-order valence-electron chi connectivity index (χ2n) is 5.81. The molecule has 1 saturated heterocycles. The van der Waals surface area contributed by atoms with Crippen molar-refractivity contribution in [1.29, 1.82) is 0 Å². The van der Waals surface area contributed by atoms with Crippen LogP contribution in [0.1, 0.15) is 29.3 Å². The van der Waals surface area contributed by atoms with Crippen molar-refractivity contribution in [3.63, 3.8) is 0 Å². The van der Waals surface area contributed by atoms with Crippen LogP contribution in [-0.2, 0) is 11.0 Å². The lowest BCUT2D eigenvalue weighted by Gasteiger charge is -2.34. The van der Waals surface area contributed by atoms with Crippen molar-refractivity contribution in [1.82, 2.24) is 4.90 Å². The molecule has 1 heterocycles. The Kier molecular flexibility index (Phi) is 4.63. The molecular formula is C15H15F4NO3. The van der Waals surface area contributed by atoms with Gasteiger partial charge >= 0.3 is 12.1 Å². The monoisotopic (exact) mass is 333 g/mol. The summed E-state index contributed by atoms with van der Waals surface area (Å²) >= 11 is 0. The normalized spacial score (nSPS) is 22.0. The lowest BCUT2D eigenvalue weighted by atomic mass is 9.90. The van der Waals surface area contributed by atoms with Gasteiger partial charge in [-0.3, -0.25) is 9.59 Å². The van der Waals surface area contributed by atoms with Gasteiger partial charge in [0.05, 0.1) is 11.5 Å². The van der Waals surface area contributed by atoms with E-state index in [4.69, 9.17) is 5.11 Å². The smallest absolute Gasteiger partial charge is 0.416 e. The third-order valence-electron chi connectivity index (χ3n) is 3.77. The summed E-state index contributed by atoms with van der Waals surface area (Å²) in [5.41, 5.74) is -1.68. The van der Waals surface area contributed by atoms with E-state index in [0.29, 0.717) is 18.6 Å². The number of nitrogens with zero attached hydrogens (tertiary/aromatic N) is 1. The van der Waals surface area contributed by atoms with E-state index in [1.54, 1.807) is 6.92 Å². The third kappa shape index (κ3) is 4.00. The highest BCUT2D eigenvalue weighted by molar-refractivity contribution is 5.94.